The number of benzene rings is 1. The molecule has 0 aromatic heterocycles. The number of hydrogen-bond donors (Lipinski definition) is 3. The second-order valence-electron chi connectivity index (χ2n) is 6.30. The topological polar surface area (TPSA) is 110 Å². The van der Waals surface area contributed by atoms with E-state index in [-0.39, 0.29) is 28.1 Å². The number of carboxylic acids is 2. The van der Waals surface area contributed by atoms with Crippen LogP contribution < -0.4 is 5.73 Å². The molecule has 25 heavy (non-hydrogen) atoms. The molecule has 0 heterocycles. The summed E-state index contributed by atoms with van der Waals surface area (Å²) in [7, 11) is 0. The summed E-state index contributed by atoms with van der Waals surface area (Å²) in [5.74, 6) is -5.53. The van der Waals surface area contributed by atoms with Crippen LogP contribution in [-0.2, 0) is 20.9 Å². The molecule has 0 radical (unpaired) electrons. The third-order valence-electron chi connectivity index (χ3n) is 4.99. The molecule has 1 aromatic carbocycles. The van der Waals surface area contributed by atoms with Crippen molar-refractivity contribution in [3.8, 4) is 0 Å². The van der Waals surface area contributed by atoms with Crippen LogP contribution in [0, 0.1) is 11.8 Å². The van der Waals surface area contributed by atoms with E-state index in [0.717, 1.165) is 0 Å². The van der Waals surface area contributed by atoms with Gasteiger partial charge in [-0.1, -0.05) is 34.8 Å². The minimum absolute atomic E-state index is 0.0840. The van der Waals surface area contributed by atoms with Gasteiger partial charge >= 0.3 is 11.9 Å². The summed E-state index contributed by atoms with van der Waals surface area (Å²) in [5.41, 5.74) is 1.66. The van der Waals surface area contributed by atoms with E-state index >= 15 is 0 Å². The Morgan fingerprint density at radius 3 is 2.28 bits per heavy atom. The Morgan fingerprint density at radius 1 is 1.24 bits per heavy atom. The molecule has 2 aliphatic rings. The summed E-state index contributed by atoms with van der Waals surface area (Å²) in [6.45, 7) is -0.0840. The van der Waals surface area contributed by atoms with Crippen LogP contribution in [0.2, 0.25) is 15.1 Å². The lowest BCUT2D eigenvalue weighted by molar-refractivity contribution is -0.156. The van der Waals surface area contributed by atoms with E-state index in [2.05, 4.69) is 0 Å². The number of ether oxygens (including phenoxy) is 1. The Hall–Kier alpha value is -1.12. The Labute approximate surface area is 156 Å². The fourth-order valence-electron chi connectivity index (χ4n) is 3.70. The van der Waals surface area contributed by atoms with E-state index < -0.39 is 41.1 Å². The van der Waals surface area contributed by atoms with Gasteiger partial charge in [-0.3, -0.25) is 4.79 Å². The molecule has 0 saturated heterocycles. The van der Waals surface area contributed by atoms with E-state index in [0.29, 0.717) is 5.56 Å². The molecule has 3 rings (SSSR count). The van der Waals surface area contributed by atoms with Crippen LogP contribution in [0.25, 0.3) is 0 Å². The molecule has 0 amide bonds. The van der Waals surface area contributed by atoms with E-state index in [9.17, 15) is 19.1 Å². The van der Waals surface area contributed by atoms with Crippen molar-refractivity contribution in [1.82, 2.24) is 0 Å². The van der Waals surface area contributed by atoms with Crippen LogP contribution >= 0.6 is 34.8 Å². The van der Waals surface area contributed by atoms with Crippen LogP contribution in [0.15, 0.2) is 12.1 Å². The summed E-state index contributed by atoms with van der Waals surface area (Å²) in [6.07, 6.45) is -1.15. The molecule has 0 bridgehead atoms. The SMILES string of the molecule is N[C@]1(C(=O)O)[C@H]2[C@@H](C[C@H]1OCc1cc(Cl)c(Cl)c(Cl)c1)[C@]2(F)C(=O)O. The number of hydrogen-bond acceptors (Lipinski definition) is 4. The van der Waals surface area contributed by atoms with Crippen molar-refractivity contribution in [2.45, 2.75) is 30.3 Å². The third-order valence-corrected chi connectivity index (χ3v) is 6.19. The molecule has 2 fully saturated rings. The van der Waals surface area contributed by atoms with Crippen LogP contribution in [-0.4, -0.2) is 39.5 Å². The quantitative estimate of drug-likeness (QED) is 0.642. The molecule has 6 nitrogen and oxygen atoms in total. The average molecular weight is 413 g/mol. The maximum absolute atomic E-state index is 14.4. The first-order valence-corrected chi connectivity index (χ1v) is 8.37. The normalized spacial score (nSPS) is 36.1. The van der Waals surface area contributed by atoms with E-state index in [1.807, 2.05) is 0 Å². The van der Waals surface area contributed by atoms with Crippen LogP contribution in [0.5, 0.6) is 0 Å². The predicted molar refractivity (Wildman–Crippen MR) is 87.7 cm³/mol. The molecule has 4 N–H and O–H groups in total. The van der Waals surface area contributed by atoms with Gasteiger partial charge in [0.05, 0.1) is 27.8 Å². The predicted octanol–water partition coefficient (Wildman–Crippen LogP) is 2.76. The largest absolute Gasteiger partial charge is 0.480 e. The smallest absolute Gasteiger partial charge is 0.342 e. The van der Waals surface area contributed by atoms with E-state index in [1.54, 1.807) is 0 Å². The van der Waals surface area contributed by atoms with E-state index in [4.69, 9.17) is 50.4 Å². The maximum Gasteiger partial charge on any atom is 0.342 e. The first-order valence-electron chi connectivity index (χ1n) is 7.24. The highest BCUT2D eigenvalue weighted by atomic mass is 35.5. The zero-order valence-electron chi connectivity index (χ0n) is 12.5. The number of nitrogens with two attached hydrogens (primary N) is 1. The van der Waals surface area contributed by atoms with E-state index in [1.165, 1.54) is 12.1 Å². The molecule has 0 spiro atoms. The monoisotopic (exact) mass is 411 g/mol. The van der Waals surface area contributed by atoms with Crippen molar-refractivity contribution in [1.29, 1.82) is 0 Å². The van der Waals surface area contributed by atoms with Gasteiger partial charge in [-0.25, -0.2) is 9.18 Å². The van der Waals surface area contributed by atoms with Gasteiger partial charge in [0.2, 0.25) is 5.67 Å². The first kappa shape index (κ1) is 18.7. The molecule has 136 valence electrons. The van der Waals surface area contributed by atoms with Crippen LogP contribution in [0.4, 0.5) is 4.39 Å². The van der Waals surface area contributed by atoms with Gasteiger partial charge in [-0.05, 0) is 24.1 Å². The maximum atomic E-state index is 14.4. The summed E-state index contributed by atoms with van der Waals surface area (Å²) >= 11 is 17.7. The Kier molecular flexibility index (Phi) is 4.45. The minimum Gasteiger partial charge on any atom is -0.480 e. The first-order chi connectivity index (χ1) is 11.5. The van der Waals surface area contributed by atoms with Gasteiger partial charge in [-0.15, -0.1) is 0 Å². The zero-order chi connectivity index (χ0) is 18.7. The number of rotatable bonds is 5. The number of aliphatic carboxylic acids is 2. The Morgan fingerprint density at radius 2 is 1.80 bits per heavy atom. The second kappa shape index (κ2) is 5.96. The van der Waals surface area contributed by atoms with Gasteiger partial charge in [0.1, 0.15) is 5.54 Å². The molecule has 1 aromatic rings. The van der Waals surface area contributed by atoms with Crippen molar-refractivity contribution < 1.29 is 28.9 Å². The number of alkyl halides is 1. The highest BCUT2D eigenvalue weighted by Gasteiger charge is 2.85. The molecule has 2 aliphatic carbocycles. The van der Waals surface area contributed by atoms with Gasteiger partial charge in [0.25, 0.3) is 0 Å². The standard InChI is InChI=1S/C15H13Cl3FNO5/c16-7-1-5(2-8(17)10(7)18)4-25-9-3-6-11(14(6,19)12(21)22)15(9,20)13(23)24/h1-2,6,9,11H,3-4,20H2,(H,21,22)(H,23,24)/t6-,9-,11+,14-,15+/m1/s1. The molecule has 10 heteroatoms. The van der Waals surface area contributed by atoms with Crippen LogP contribution in [0.1, 0.15) is 12.0 Å². The van der Waals surface area contributed by atoms with Crippen molar-refractivity contribution in [3.05, 3.63) is 32.8 Å². The number of carbonyl (C=O) groups is 2. The van der Waals surface area contributed by atoms with Crippen molar-refractivity contribution in [2.75, 3.05) is 0 Å². The second-order valence-corrected chi connectivity index (χ2v) is 7.50. The van der Waals surface area contributed by atoms with Crippen LogP contribution in [0.3, 0.4) is 0 Å². The molecule has 0 unspecified atom stereocenters. The summed E-state index contributed by atoms with van der Waals surface area (Å²) in [4.78, 5) is 22.7. The lowest BCUT2D eigenvalue weighted by atomic mass is 9.88. The van der Waals surface area contributed by atoms with Gasteiger partial charge in [0, 0.05) is 11.8 Å². The molecular weight excluding hydrogens is 400 g/mol. The molecule has 5 atom stereocenters. The van der Waals surface area contributed by atoms with Crippen molar-refractivity contribution in [3.63, 3.8) is 0 Å². The molecule has 0 aliphatic heterocycles. The fourth-order valence-corrected chi connectivity index (χ4v) is 4.34. The highest BCUT2D eigenvalue weighted by molar-refractivity contribution is 6.48. The number of halogens is 4. The Bertz CT molecular complexity index is 755. The summed E-state index contributed by atoms with van der Waals surface area (Å²) in [5, 5.41) is 19.0. The molecular formula is C15H13Cl3FNO5. The fraction of sp³-hybridized carbons (Fsp3) is 0.467. The number of fused-ring (bicyclic) bond motifs is 1. The van der Waals surface area contributed by atoms with Gasteiger partial charge in [-0.2, -0.15) is 0 Å². The Balaban J connectivity index is 1.78. The highest BCUT2D eigenvalue weighted by Crippen LogP contribution is 2.67. The summed E-state index contributed by atoms with van der Waals surface area (Å²) < 4.78 is 20.0. The average Bonchev–Trinajstić information content (AvgIpc) is 3.00. The van der Waals surface area contributed by atoms with Crippen molar-refractivity contribution >= 4 is 46.7 Å². The van der Waals surface area contributed by atoms with Gasteiger partial charge in [0.15, 0.2) is 0 Å². The minimum atomic E-state index is -2.63. The zero-order valence-corrected chi connectivity index (χ0v) is 14.8. The summed E-state index contributed by atoms with van der Waals surface area (Å²) in [6, 6.07) is 3.00. The van der Waals surface area contributed by atoms with Crippen molar-refractivity contribution in [2.24, 2.45) is 17.6 Å². The lowest BCUT2D eigenvalue weighted by Crippen LogP contribution is -2.60. The third kappa shape index (κ3) is 2.61. The lowest BCUT2D eigenvalue weighted by Gasteiger charge is -2.31. The molecule has 2 saturated carbocycles. The number of carboxylic acid groups (broad SMARTS) is 2. The van der Waals surface area contributed by atoms with Gasteiger partial charge < -0.3 is 20.7 Å².